The Labute approximate surface area is 687 Å². The lowest BCUT2D eigenvalue weighted by Crippen LogP contribution is -2.28. The zero-order chi connectivity index (χ0) is 83.8. The van der Waals surface area contributed by atoms with Crippen LogP contribution in [0.4, 0.5) is 43.9 Å². The summed E-state index contributed by atoms with van der Waals surface area (Å²) in [5, 5.41) is 2.09. The molecule has 0 radical (unpaired) electrons. The van der Waals surface area contributed by atoms with Crippen LogP contribution in [0.1, 0.15) is 11.1 Å². The third kappa shape index (κ3) is 19.2. The predicted molar refractivity (Wildman–Crippen MR) is 425 cm³/mol. The summed E-state index contributed by atoms with van der Waals surface area (Å²) in [6.45, 7) is 2.89. The van der Waals surface area contributed by atoms with Crippen molar-refractivity contribution in [2.24, 2.45) is 34.4 Å². The molecule has 6 aliphatic rings. The monoisotopic (exact) mass is 1710 g/mol. The summed E-state index contributed by atoms with van der Waals surface area (Å²) in [4.78, 5) is 0. The molecule has 12 aromatic rings. The van der Waals surface area contributed by atoms with E-state index in [1.165, 1.54) is 84.9 Å². The average Bonchev–Trinajstić information content (AvgIpc) is 1.52. The van der Waals surface area contributed by atoms with E-state index in [1.54, 1.807) is 72.8 Å². The Balaban J connectivity index is 0.000000123. The molecule has 0 bridgehead atoms. The molecule has 118 heavy (non-hydrogen) atoms. The maximum Gasteiger partial charge on any atom is 0.417 e. The van der Waals surface area contributed by atoms with E-state index >= 15 is 0 Å². The number of fused-ring (bicyclic) bond motifs is 6. The fraction of sp³-hybridized carbons (Fsp3) is 0.163. The normalized spacial score (nSPS) is 16.7. The first-order valence-corrected chi connectivity index (χ1v) is 37.4. The van der Waals surface area contributed by atoms with Gasteiger partial charge in [0.05, 0.1) is 44.8 Å². The first-order valence-electron chi connectivity index (χ1n) is 35.9. The van der Waals surface area contributed by atoms with Crippen LogP contribution in [0.15, 0.2) is 212 Å². The van der Waals surface area contributed by atoms with Gasteiger partial charge >= 0.3 is 6.18 Å². The van der Waals surface area contributed by atoms with Crippen molar-refractivity contribution in [3.8, 4) is 136 Å². The van der Waals surface area contributed by atoms with Gasteiger partial charge in [-0.2, -0.15) is 13.2 Å². The summed E-state index contributed by atoms with van der Waals surface area (Å²) in [5.74, 6) is 0.827. The van der Waals surface area contributed by atoms with E-state index in [9.17, 15) is 43.9 Å². The fourth-order valence-corrected chi connectivity index (χ4v) is 13.5. The second-order valence-electron chi connectivity index (χ2n) is 26.0. The number of aryl methyl sites for hydroxylation is 1. The molecule has 32 heteroatoms. The molecule has 18 rings (SSSR count). The van der Waals surface area contributed by atoms with Crippen LogP contribution in [0.25, 0.3) is 66.8 Å². The van der Waals surface area contributed by atoms with E-state index in [0.29, 0.717) is 111 Å². The zero-order valence-corrected chi connectivity index (χ0v) is 64.6. The van der Waals surface area contributed by atoms with Gasteiger partial charge in [0.2, 0.25) is 0 Å². The molecular weight excluding hydrogens is 1640 g/mol. The van der Waals surface area contributed by atoms with Gasteiger partial charge in [0.15, 0.2) is 69.0 Å². The molecule has 6 aliphatic heterocycles. The lowest BCUT2D eigenvalue weighted by atomic mass is 9.98. The Morgan fingerprint density at radius 2 is 0.559 bits per heavy atom. The minimum absolute atomic E-state index is 0.00332. The molecule has 612 valence electrons. The molecule has 6 unspecified atom stereocenters. The molecule has 0 aromatic heterocycles. The summed E-state index contributed by atoms with van der Waals surface area (Å²) in [6, 6.07) is 53.2. The van der Waals surface area contributed by atoms with E-state index in [-0.39, 0.29) is 84.8 Å². The predicted octanol–water partition coefficient (Wildman–Crippen LogP) is 19.4. The van der Waals surface area contributed by atoms with Crippen LogP contribution >= 0.6 is 46.4 Å². The summed E-state index contributed by atoms with van der Waals surface area (Å²) in [5.41, 5.74) is 38.9. The van der Waals surface area contributed by atoms with Gasteiger partial charge in [-0.1, -0.05) is 137 Å². The number of alkyl halides is 3. The second kappa shape index (κ2) is 37.0. The van der Waals surface area contributed by atoms with Crippen molar-refractivity contribution >= 4 is 46.4 Å². The summed E-state index contributed by atoms with van der Waals surface area (Å²) in [7, 11) is 0. The van der Waals surface area contributed by atoms with Gasteiger partial charge in [0.1, 0.15) is 40.7 Å². The van der Waals surface area contributed by atoms with Crippen LogP contribution in [0.3, 0.4) is 0 Å². The number of rotatable bonds is 12. The lowest BCUT2D eigenvalue weighted by molar-refractivity contribution is -0.137. The highest BCUT2D eigenvalue weighted by Crippen LogP contribution is 2.52. The molecule has 6 atom stereocenters. The van der Waals surface area contributed by atoms with E-state index < -0.39 is 78.6 Å². The molecule has 0 saturated carbocycles. The largest absolute Gasteiger partial charge is 0.449 e. The minimum Gasteiger partial charge on any atom is -0.449 e. The van der Waals surface area contributed by atoms with Crippen LogP contribution in [-0.2, 0) is 6.18 Å². The summed E-state index contributed by atoms with van der Waals surface area (Å²) in [6.07, 6.45) is -8.39. The molecule has 6 heterocycles. The third-order valence-corrected chi connectivity index (χ3v) is 19.1. The van der Waals surface area contributed by atoms with E-state index in [4.69, 9.17) is 138 Å². The van der Waals surface area contributed by atoms with Crippen LogP contribution < -0.4 is 91.2 Å². The number of benzene rings is 12. The number of halogens is 14. The minimum atomic E-state index is -4.57. The van der Waals surface area contributed by atoms with E-state index in [2.05, 4.69) is 0 Å². The number of nitrogens with two attached hydrogens (primary N) is 6. The van der Waals surface area contributed by atoms with Crippen molar-refractivity contribution in [1.82, 2.24) is 0 Å². The van der Waals surface area contributed by atoms with Crippen molar-refractivity contribution in [2.75, 3.05) is 39.3 Å². The Morgan fingerprint density at radius 1 is 0.271 bits per heavy atom. The first kappa shape index (κ1) is 84.4. The first-order chi connectivity index (χ1) is 56.7. The Hall–Kier alpha value is -11.5. The van der Waals surface area contributed by atoms with Crippen LogP contribution in [0, 0.1) is 47.6 Å². The van der Waals surface area contributed by atoms with Gasteiger partial charge in [0.25, 0.3) is 37.7 Å². The van der Waals surface area contributed by atoms with Gasteiger partial charge < -0.3 is 91.2 Å². The van der Waals surface area contributed by atoms with Gasteiger partial charge in [0, 0.05) is 107 Å². The second-order valence-corrected chi connectivity index (χ2v) is 27.7. The molecular formula is C86H68Cl4F10N6O12. The van der Waals surface area contributed by atoms with Crippen molar-refractivity contribution in [1.29, 1.82) is 0 Å². The highest BCUT2D eigenvalue weighted by molar-refractivity contribution is 6.35. The standard InChI is InChI=1S/C15H11F4NO2.C15H14FNO2.C14H10Cl2FNO2.2C14H11ClFNO2.C14H11F2NO2/c16-8-5-10(14-12(6-8)21-13(7-20)22-14)9-3-1-2-4-11(9)15(17,18)19;1-9-4-2-3-5-11(9)12-6-10(16)7-13-15(12)19-14(8-17)18-13;15-7-1-2-11(16)9(3-7)10-4-8(17)5-12-14(10)20-13(6-18)19-12;15-9-3-1-8(2-4-9)11-5-10(16)6-12-14(11)19-13(7-17)18-12;15-11-4-2-1-3-9(11)10-5-8(16)6-12-14(10)19-13(7-17)18-12;15-8-5-10(9-3-1-2-4-11(9)16)14-12(6-8)18-13(7-17)19-14/h1-6,13H,7,20H2;2-7,14H,8,17H2,1H3;1-5,13H,6,18H2;3*1-6,13H,7,17H2. The number of ether oxygens (including phenoxy) is 12. The molecule has 0 amide bonds. The highest BCUT2D eigenvalue weighted by atomic mass is 35.5. The smallest absolute Gasteiger partial charge is 0.417 e. The highest BCUT2D eigenvalue weighted by Gasteiger charge is 2.38. The van der Waals surface area contributed by atoms with Crippen LogP contribution in [0.2, 0.25) is 20.1 Å². The maximum absolute atomic E-state index is 13.8. The SMILES string of the molecule is Cc1ccccc1-c1cc(F)cc2c1OC(CN)O2.NCC1Oc2cc(F)cc(-c3cc(Cl)ccc3Cl)c2O1.NCC1Oc2cc(F)cc(-c3ccc(Cl)cc3)c2O1.NCC1Oc2cc(F)cc(-c3ccccc3C(F)(F)F)c2O1.NCC1Oc2cc(F)cc(-c3ccccc3Cl)c2O1.NCC1Oc2cc(F)cc(-c3ccccc3F)c2O1. The van der Waals surface area contributed by atoms with Crippen molar-refractivity contribution in [3.63, 3.8) is 0 Å². The summed E-state index contributed by atoms with van der Waals surface area (Å²) < 4.78 is 201. The number of hydrogen-bond acceptors (Lipinski definition) is 18. The molecule has 18 nitrogen and oxygen atoms in total. The molecule has 12 N–H and O–H groups in total. The topological polar surface area (TPSA) is 267 Å². The Kier molecular flexibility index (Phi) is 26.4. The lowest BCUT2D eigenvalue weighted by Gasteiger charge is -2.14. The van der Waals surface area contributed by atoms with Gasteiger partial charge in [-0.3, -0.25) is 0 Å². The van der Waals surface area contributed by atoms with Gasteiger partial charge in [-0.05, 0) is 114 Å². The Bertz CT molecular complexity index is 5410. The van der Waals surface area contributed by atoms with E-state index in [0.717, 1.165) is 34.9 Å². The number of hydrogen-bond donors (Lipinski definition) is 6. The van der Waals surface area contributed by atoms with Crippen molar-refractivity contribution in [3.05, 3.63) is 284 Å². The van der Waals surface area contributed by atoms with Crippen molar-refractivity contribution in [2.45, 2.75) is 50.8 Å². The molecule has 0 saturated heterocycles. The van der Waals surface area contributed by atoms with Crippen LogP contribution in [-0.4, -0.2) is 77.0 Å². The van der Waals surface area contributed by atoms with Crippen molar-refractivity contribution < 1.29 is 101 Å². The average molecular weight is 1710 g/mol. The Morgan fingerprint density at radius 3 is 0.932 bits per heavy atom. The molecule has 12 aromatic carbocycles. The summed E-state index contributed by atoms with van der Waals surface area (Å²) >= 11 is 24.1. The quantitative estimate of drug-likeness (QED) is 0.0621. The maximum atomic E-state index is 13.8. The molecule has 0 aliphatic carbocycles. The zero-order valence-electron chi connectivity index (χ0n) is 61.6. The molecule has 0 fully saturated rings. The third-order valence-electron chi connectivity index (χ3n) is 18.0. The fourth-order valence-electron chi connectivity index (χ4n) is 12.8. The molecule has 0 spiro atoms. The van der Waals surface area contributed by atoms with Crippen LogP contribution in [0.5, 0.6) is 69.0 Å². The van der Waals surface area contributed by atoms with E-state index in [1.807, 2.05) is 43.3 Å². The van der Waals surface area contributed by atoms with Gasteiger partial charge in [-0.25, -0.2) is 30.7 Å². The van der Waals surface area contributed by atoms with Gasteiger partial charge in [-0.15, -0.1) is 0 Å².